The number of imidazole rings is 1. The average molecular weight is 299 g/mol. The van der Waals surface area contributed by atoms with Crippen molar-refractivity contribution in [3.8, 4) is 0 Å². The number of likely N-dealkylation sites (tertiary alicyclic amines) is 1. The van der Waals surface area contributed by atoms with E-state index in [4.69, 9.17) is 0 Å². The molecule has 1 aliphatic rings. The van der Waals surface area contributed by atoms with E-state index in [0.717, 1.165) is 4.90 Å². The summed E-state index contributed by atoms with van der Waals surface area (Å²) in [7, 11) is 0. The lowest BCUT2D eigenvalue weighted by atomic mass is 10.0. The monoisotopic (exact) mass is 299 g/mol. The first-order valence-corrected chi connectivity index (χ1v) is 6.42. The first kappa shape index (κ1) is 13.7. The van der Waals surface area contributed by atoms with Crippen LogP contribution in [0.4, 0.5) is 13.2 Å². The highest BCUT2D eigenvalue weighted by molar-refractivity contribution is 5.82. The molecule has 1 aliphatic heterocycles. The minimum Gasteiger partial charge on any atom is -0.330 e. The number of hydrogen-bond acceptors (Lipinski definition) is 2. The Morgan fingerprint density at radius 1 is 1.29 bits per heavy atom. The summed E-state index contributed by atoms with van der Waals surface area (Å²) >= 11 is 0. The molecule has 1 aromatic carbocycles. The summed E-state index contributed by atoms with van der Waals surface area (Å²) < 4.78 is 37.9. The molecule has 0 saturated carbocycles. The van der Waals surface area contributed by atoms with Gasteiger partial charge in [0.2, 0.25) is 5.91 Å². The second-order valence-electron chi connectivity index (χ2n) is 5.07. The molecule has 3 rings (SSSR count). The first-order chi connectivity index (χ1) is 9.84. The molecule has 1 amide bonds. The van der Waals surface area contributed by atoms with Crippen LogP contribution in [0.5, 0.6) is 0 Å². The lowest BCUT2D eigenvalue weighted by Crippen LogP contribution is -2.58. The van der Waals surface area contributed by atoms with E-state index in [1.54, 1.807) is 18.2 Å². The lowest BCUT2D eigenvalue weighted by molar-refractivity contribution is -0.212. The summed E-state index contributed by atoms with van der Waals surface area (Å²) in [6.07, 6.45) is -4.53. The number of nitrogens with zero attached hydrogens (tertiary/aromatic N) is 1. The van der Waals surface area contributed by atoms with Gasteiger partial charge in [0, 0.05) is 6.54 Å². The molecule has 0 aliphatic carbocycles. The molecule has 0 bridgehead atoms. The molecule has 1 saturated heterocycles. The van der Waals surface area contributed by atoms with Gasteiger partial charge in [-0.3, -0.25) is 4.79 Å². The summed E-state index contributed by atoms with van der Waals surface area (Å²) in [5, 5.41) is 0. The van der Waals surface area contributed by atoms with E-state index >= 15 is 0 Å². The van der Waals surface area contributed by atoms with Gasteiger partial charge in [-0.25, -0.2) is 4.79 Å². The van der Waals surface area contributed by atoms with Gasteiger partial charge < -0.3 is 14.9 Å². The summed E-state index contributed by atoms with van der Waals surface area (Å²) in [5.41, 5.74) is 1.32. The highest BCUT2D eigenvalue weighted by Gasteiger charge is 2.50. The highest BCUT2D eigenvalue weighted by atomic mass is 19.4. The smallest absolute Gasteiger partial charge is 0.330 e. The molecule has 0 unspecified atom stereocenters. The highest BCUT2D eigenvalue weighted by Crippen LogP contribution is 2.33. The summed E-state index contributed by atoms with van der Waals surface area (Å²) in [6, 6.07) is 3.16. The van der Waals surface area contributed by atoms with E-state index in [0.29, 0.717) is 16.6 Å². The van der Waals surface area contributed by atoms with Crippen LogP contribution in [-0.4, -0.2) is 39.5 Å². The predicted molar refractivity (Wildman–Crippen MR) is 68.8 cm³/mol. The van der Waals surface area contributed by atoms with Gasteiger partial charge in [0.15, 0.2) is 0 Å². The molecule has 2 N–H and O–H groups in total. The fourth-order valence-corrected chi connectivity index (χ4v) is 2.49. The van der Waals surface area contributed by atoms with Crippen LogP contribution in [0.25, 0.3) is 11.0 Å². The Morgan fingerprint density at radius 2 is 2.00 bits per heavy atom. The molecule has 0 radical (unpaired) electrons. The van der Waals surface area contributed by atoms with Gasteiger partial charge in [0.25, 0.3) is 0 Å². The molecule has 1 fully saturated rings. The first-order valence-electron chi connectivity index (χ1n) is 6.42. The number of nitrogens with one attached hydrogen (secondary N) is 2. The van der Waals surface area contributed by atoms with Gasteiger partial charge in [-0.2, -0.15) is 13.2 Å². The zero-order valence-corrected chi connectivity index (χ0v) is 10.8. The van der Waals surface area contributed by atoms with Crippen LogP contribution in [0.2, 0.25) is 0 Å². The minimum absolute atomic E-state index is 0.0423. The number of halogens is 3. The van der Waals surface area contributed by atoms with Crippen LogP contribution in [0.3, 0.4) is 0 Å². The number of amides is 1. The van der Waals surface area contributed by atoms with Gasteiger partial charge in [0.1, 0.15) is 6.04 Å². The maximum atomic E-state index is 12.6. The Morgan fingerprint density at radius 3 is 2.62 bits per heavy atom. The van der Waals surface area contributed by atoms with Crippen molar-refractivity contribution in [2.45, 2.75) is 25.1 Å². The SMILES string of the molecule is O=C(Cc1ccc2[nH]c(=O)[nH]c2c1)N1CC[C@H]1C(F)(F)F. The number of alkyl halides is 3. The van der Waals surface area contributed by atoms with Crippen molar-refractivity contribution in [2.24, 2.45) is 0 Å². The molecule has 8 heteroatoms. The number of aromatic amines is 2. The number of H-pyrrole nitrogens is 2. The Hall–Kier alpha value is -2.25. The van der Waals surface area contributed by atoms with Gasteiger partial charge in [-0.15, -0.1) is 0 Å². The minimum atomic E-state index is -4.37. The van der Waals surface area contributed by atoms with E-state index in [2.05, 4.69) is 9.97 Å². The third-order valence-corrected chi connectivity index (χ3v) is 3.65. The van der Waals surface area contributed by atoms with E-state index in [9.17, 15) is 22.8 Å². The summed E-state index contributed by atoms with van der Waals surface area (Å²) in [6.45, 7) is 0.131. The molecule has 2 heterocycles. The average Bonchev–Trinajstić information content (AvgIpc) is 2.64. The maximum Gasteiger partial charge on any atom is 0.408 e. The summed E-state index contributed by atoms with van der Waals surface area (Å²) in [4.78, 5) is 29.0. The van der Waals surface area contributed by atoms with Crippen molar-refractivity contribution in [3.63, 3.8) is 0 Å². The lowest BCUT2D eigenvalue weighted by Gasteiger charge is -2.41. The van der Waals surface area contributed by atoms with Crippen molar-refractivity contribution in [2.75, 3.05) is 6.54 Å². The molecule has 1 aromatic heterocycles. The van der Waals surface area contributed by atoms with Crippen LogP contribution in [0.15, 0.2) is 23.0 Å². The Bertz CT molecular complexity index is 747. The molecule has 2 aromatic rings. The normalized spacial score (nSPS) is 18.8. The van der Waals surface area contributed by atoms with Gasteiger partial charge >= 0.3 is 11.9 Å². The topological polar surface area (TPSA) is 69.0 Å². The number of carbonyl (C=O) groups is 1. The standard InChI is InChI=1S/C13H12F3N3O2/c14-13(15,16)10-3-4-19(10)11(20)6-7-1-2-8-9(5-7)18-12(21)17-8/h1-2,5,10H,3-4,6H2,(H2,17,18,21)/t10-/m0/s1. The van der Waals surface area contributed by atoms with Crippen molar-refractivity contribution >= 4 is 16.9 Å². The van der Waals surface area contributed by atoms with E-state index in [-0.39, 0.29) is 25.1 Å². The fraction of sp³-hybridized carbons (Fsp3) is 0.385. The third kappa shape index (κ3) is 2.53. The number of carbonyl (C=O) groups excluding carboxylic acids is 1. The van der Waals surface area contributed by atoms with E-state index in [1.807, 2.05) is 0 Å². The third-order valence-electron chi connectivity index (χ3n) is 3.65. The van der Waals surface area contributed by atoms with Gasteiger partial charge in [-0.05, 0) is 24.1 Å². The largest absolute Gasteiger partial charge is 0.408 e. The van der Waals surface area contributed by atoms with Crippen LogP contribution in [0, 0.1) is 0 Å². The zero-order chi connectivity index (χ0) is 15.2. The van der Waals surface area contributed by atoms with Crippen LogP contribution < -0.4 is 5.69 Å². The van der Waals surface area contributed by atoms with Crippen LogP contribution in [0.1, 0.15) is 12.0 Å². The van der Waals surface area contributed by atoms with Gasteiger partial charge in [0.05, 0.1) is 17.5 Å². The van der Waals surface area contributed by atoms with Crippen molar-refractivity contribution < 1.29 is 18.0 Å². The number of hydrogen-bond donors (Lipinski definition) is 2. The van der Waals surface area contributed by atoms with Crippen molar-refractivity contribution in [1.82, 2.24) is 14.9 Å². The fourth-order valence-electron chi connectivity index (χ4n) is 2.49. The maximum absolute atomic E-state index is 12.6. The van der Waals surface area contributed by atoms with E-state index in [1.165, 1.54) is 0 Å². The molecule has 21 heavy (non-hydrogen) atoms. The van der Waals surface area contributed by atoms with Gasteiger partial charge in [-0.1, -0.05) is 6.07 Å². The second kappa shape index (κ2) is 4.64. The molecule has 1 atom stereocenters. The quantitative estimate of drug-likeness (QED) is 0.883. The number of benzene rings is 1. The number of fused-ring (bicyclic) bond motifs is 1. The Balaban J connectivity index is 1.76. The van der Waals surface area contributed by atoms with Crippen molar-refractivity contribution in [3.05, 3.63) is 34.2 Å². The molecular formula is C13H12F3N3O2. The second-order valence-corrected chi connectivity index (χ2v) is 5.07. The number of rotatable bonds is 2. The molecule has 5 nitrogen and oxygen atoms in total. The molecule has 112 valence electrons. The van der Waals surface area contributed by atoms with E-state index < -0.39 is 18.1 Å². The Kier molecular flexibility index (Phi) is 3.03. The zero-order valence-electron chi connectivity index (χ0n) is 10.8. The van der Waals surface area contributed by atoms with Crippen LogP contribution >= 0.6 is 0 Å². The molecular weight excluding hydrogens is 287 g/mol. The Labute approximate surface area is 116 Å². The summed E-state index contributed by atoms with van der Waals surface area (Å²) in [5.74, 6) is -0.555. The number of aromatic nitrogens is 2. The predicted octanol–water partition coefficient (Wildman–Crippen LogP) is 1.56. The molecule has 0 spiro atoms. The van der Waals surface area contributed by atoms with Crippen molar-refractivity contribution in [1.29, 1.82) is 0 Å². The van der Waals surface area contributed by atoms with Crippen LogP contribution in [-0.2, 0) is 11.2 Å².